The first-order chi connectivity index (χ1) is 15.6. The third-order valence-corrected chi connectivity index (χ3v) is 6.83. The van der Waals surface area contributed by atoms with Crippen molar-refractivity contribution in [1.82, 2.24) is 4.98 Å². The molecular weight excluding hydrogens is 447 g/mol. The van der Waals surface area contributed by atoms with E-state index in [0.717, 1.165) is 47.0 Å². The third-order valence-electron chi connectivity index (χ3n) is 5.65. The van der Waals surface area contributed by atoms with Crippen molar-refractivity contribution in [2.75, 3.05) is 13.2 Å². The first-order valence-electron chi connectivity index (χ1n) is 11.1. The number of aliphatic hydroxyl groups excluding tert-OH is 1. The fraction of sp³-hybridized carbons (Fsp3) is 0.423. The van der Waals surface area contributed by atoms with E-state index < -0.39 is 11.7 Å². The molecule has 0 amide bonds. The molecule has 3 aromatic rings. The predicted octanol–water partition coefficient (Wildman–Crippen LogP) is 7.37. The highest BCUT2D eigenvalue weighted by Gasteiger charge is 2.30. The molecule has 0 fully saturated rings. The van der Waals surface area contributed by atoms with Gasteiger partial charge in [-0.2, -0.15) is 13.2 Å². The van der Waals surface area contributed by atoms with Crippen molar-refractivity contribution in [2.45, 2.75) is 58.5 Å². The van der Waals surface area contributed by atoms with Crippen LogP contribution in [-0.4, -0.2) is 23.3 Å². The van der Waals surface area contributed by atoms with Gasteiger partial charge < -0.3 is 9.84 Å². The Kier molecular flexibility index (Phi) is 8.19. The second-order valence-corrected chi connectivity index (χ2v) is 9.68. The summed E-state index contributed by atoms with van der Waals surface area (Å²) >= 11 is 1.57. The van der Waals surface area contributed by atoms with Crippen molar-refractivity contribution in [1.29, 1.82) is 0 Å². The van der Waals surface area contributed by atoms with Gasteiger partial charge in [-0.05, 0) is 60.9 Å². The van der Waals surface area contributed by atoms with E-state index in [1.807, 2.05) is 13.0 Å². The second-order valence-electron chi connectivity index (χ2n) is 8.59. The van der Waals surface area contributed by atoms with E-state index in [4.69, 9.17) is 14.8 Å². The summed E-state index contributed by atoms with van der Waals surface area (Å²) in [6, 6.07) is 11.4. The SMILES string of the molecule is Cc1cc([C@@H](C)CCc2sc(-c3ccc(C(F)(F)F)cc3)nc2C(C)C)ccc1OCCO. The number of nitrogens with zero attached hydrogens (tertiary/aromatic N) is 1. The van der Waals surface area contributed by atoms with Crippen LogP contribution in [0.2, 0.25) is 0 Å². The molecule has 0 unspecified atom stereocenters. The molecule has 0 aliphatic rings. The lowest BCUT2D eigenvalue weighted by atomic mass is 9.93. The minimum absolute atomic E-state index is 0.0148. The van der Waals surface area contributed by atoms with E-state index in [9.17, 15) is 13.2 Å². The Hall–Kier alpha value is -2.38. The van der Waals surface area contributed by atoms with Crippen LogP contribution in [0.1, 0.15) is 66.3 Å². The molecule has 3 rings (SSSR count). The molecule has 0 spiro atoms. The topological polar surface area (TPSA) is 42.4 Å². The number of rotatable bonds is 9. The molecule has 1 heterocycles. The number of hydrogen-bond acceptors (Lipinski definition) is 4. The van der Waals surface area contributed by atoms with E-state index in [1.165, 1.54) is 22.6 Å². The third kappa shape index (κ3) is 6.36. The van der Waals surface area contributed by atoms with E-state index in [2.05, 4.69) is 32.9 Å². The van der Waals surface area contributed by atoms with Crippen molar-refractivity contribution in [2.24, 2.45) is 0 Å². The monoisotopic (exact) mass is 477 g/mol. The molecule has 7 heteroatoms. The van der Waals surface area contributed by atoms with Crippen LogP contribution in [0.3, 0.4) is 0 Å². The number of aliphatic hydroxyl groups is 1. The predicted molar refractivity (Wildman–Crippen MR) is 127 cm³/mol. The minimum Gasteiger partial charge on any atom is -0.491 e. The van der Waals surface area contributed by atoms with Crippen LogP contribution < -0.4 is 4.74 Å². The average molecular weight is 478 g/mol. The number of aromatic nitrogens is 1. The molecule has 33 heavy (non-hydrogen) atoms. The Morgan fingerprint density at radius 1 is 1.06 bits per heavy atom. The standard InChI is InChI=1S/C26H30F3NO2S/c1-16(2)24-23(33-25(30-24)19-6-9-21(10-7-19)26(27,28)29)12-5-17(3)20-8-11-22(18(4)15-20)32-14-13-31/h6-11,15-17,31H,5,12-14H2,1-4H3/t17-/m0/s1. The first-order valence-corrected chi connectivity index (χ1v) is 11.9. The molecule has 2 aromatic carbocycles. The zero-order valence-corrected chi connectivity index (χ0v) is 20.2. The molecule has 0 bridgehead atoms. The number of aryl methyl sites for hydroxylation is 2. The average Bonchev–Trinajstić information content (AvgIpc) is 3.21. The maximum absolute atomic E-state index is 12.9. The Labute approximate surface area is 197 Å². The molecule has 0 aliphatic heterocycles. The van der Waals surface area contributed by atoms with Crippen LogP contribution in [0.5, 0.6) is 5.75 Å². The van der Waals surface area contributed by atoms with Gasteiger partial charge in [0.1, 0.15) is 17.4 Å². The first kappa shape index (κ1) is 25.2. The molecule has 1 aromatic heterocycles. The fourth-order valence-corrected chi connectivity index (χ4v) is 4.97. The highest BCUT2D eigenvalue weighted by Crippen LogP contribution is 2.36. The number of benzene rings is 2. The Morgan fingerprint density at radius 3 is 2.33 bits per heavy atom. The van der Waals surface area contributed by atoms with E-state index in [1.54, 1.807) is 11.3 Å². The number of halogens is 3. The quantitative estimate of drug-likeness (QED) is 0.350. The second kappa shape index (κ2) is 10.7. The zero-order chi connectivity index (χ0) is 24.2. The molecular formula is C26H30F3NO2S. The normalized spacial score (nSPS) is 12.9. The van der Waals surface area contributed by atoms with Crippen molar-refractivity contribution in [3.05, 3.63) is 69.7 Å². The van der Waals surface area contributed by atoms with Gasteiger partial charge in [0.05, 0.1) is 17.9 Å². The Balaban J connectivity index is 1.74. The fourth-order valence-electron chi connectivity index (χ4n) is 3.73. The van der Waals surface area contributed by atoms with E-state index in [-0.39, 0.29) is 19.1 Å². The number of ether oxygens (including phenoxy) is 1. The molecule has 3 nitrogen and oxygen atoms in total. The summed E-state index contributed by atoms with van der Waals surface area (Å²) in [7, 11) is 0. The molecule has 0 saturated carbocycles. The van der Waals surface area contributed by atoms with Gasteiger partial charge in [0.25, 0.3) is 0 Å². The van der Waals surface area contributed by atoms with Gasteiger partial charge in [-0.25, -0.2) is 4.98 Å². The van der Waals surface area contributed by atoms with Gasteiger partial charge in [-0.1, -0.05) is 45.0 Å². The van der Waals surface area contributed by atoms with Crippen LogP contribution in [-0.2, 0) is 12.6 Å². The minimum atomic E-state index is -4.34. The van der Waals surface area contributed by atoms with Crippen molar-refractivity contribution in [3.63, 3.8) is 0 Å². The lowest BCUT2D eigenvalue weighted by Crippen LogP contribution is -2.04. The molecule has 0 aliphatic carbocycles. The number of hydrogen-bond donors (Lipinski definition) is 1. The molecule has 1 N–H and O–H groups in total. The van der Waals surface area contributed by atoms with Gasteiger partial charge in [-0.3, -0.25) is 0 Å². The van der Waals surface area contributed by atoms with Gasteiger partial charge in [0, 0.05) is 10.4 Å². The lowest BCUT2D eigenvalue weighted by molar-refractivity contribution is -0.137. The summed E-state index contributed by atoms with van der Waals surface area (Å²) in [6.45, 7) is 8.63. The van der Waals surface area contributed by atoms with Crippen LogP contribution in [0.4, 0.5) is 13.2 Å². The highest BCUT2D eigenvalue weighted by atomic mass is 32.1. The molecule has 1 atom stereocenters. The zero-order valence-electron chi connectivity index (χ0n) is 19.4. The molecule has 0 saturated heterocycles. The summed E-state index contributed by atoms with van der Waals surface area (Å²) in [6.07, 6.45) is -2.55. The molecule has 178 valence electrons. The van der Waals surface area contributed by atoms with Crippen molar-refractivity contribution >= 4 is 11.3 Å². The largest absolute Gasteiger partial charge is 0.491 e. The van der Waals surface area contributed by atoms with Gasteiger partial charge >= 0.3 is 6.18 Å². The summed E-state index contributed by atoms with van der Waals surface area (Å²) in [5, 5.41) is 9.71. The highest BCUT2D eigenvalue weighted by molar-refractivity contribution is 7.15. The van der Waals surface area contributed by atoms with Crippen LogP contribution >= 0.6 is 11.3 Å². The van der Waals surface area contributed by atoms with Crippen molar-refractivity contribution in [3.8, 4) is 16.3 Å². The van der Waals surface area contributed by atoms with Crippen LogP contribution in [0.15, 0.2) is 42.5 Å². The van der Waals surface area contributed by atoms with E-state index >= 15 is 0 Å². The van der Waals surface area contributed by atoms with Gasteiger partial charge in [0.2, 0.25) is 0 Å². The maximum atomic E-state index is 12.9. The summed E-state index contributed by atoms with van der Waals surface area (Å²) < 4.78 is 44.2. The Morgan fingerprint density at radius 2 is 1.76 bits per heavy atom. The summed E-state index contributed by atoms with van der Waals surface area (Å²) in [5.41, 5.74) is 3.35. The number of thiazole rings is 1. The van der Waals surface area contributed by atoms with Crippen LogP contribution in [0.25, 0.3) is 10.6 Å². The molecule has 0 radical (unpaired) electrons. The van der Waals surface area contributed by atoms with Gasteiger partial charge in [-0.15, -0.1) is 11.3 Å². The number of alkyl halides is 3. The Bertz CT molecular complexity index is 1060. The van der Waals surface area contributed by atoms with Crippen LogP contribution in [0, 0.1) is 6.92 Å². The van der Waals surface area contributed by atoms with Crippen molar-refractivity contribution < 1.29 is 23.0 Å². The lowest BCUT2D eigenvalue weighted by Gasteiger charge is -2.15. The summed E-state index contributed by atoms with van der Waals surface area (Å²) in [5.74, 6) is 1.35. The van der Waals surface area contributed by atoms with Gasteiger partial charge in [0.15, 0.2) is 0 Å². The maximum Gasteiger partial charge on any atom is 0.416 e. The smallest absolute Gasteiger partial charge is 0.416 e. The van der Waals surface area contributed by atoms with E-state index in [0.29, 0.717) is 11.5 Å². The summed E-state index contributed by atoms with van der Waals surface area (Å²) in [4.78, 5) is 5.96.